The van der Waals surface area contributed by atoms with Crippen LogP contribution in [0.4, 0.5) is 4.39 Å². The molecule has 1 aliphatic rings. The van der Waals surface area contributed by atoms with E-state index in [-0.39, 0.29) is 11.5 Å². The second-order valence-corrected chi connectivity index (χ2v) is 4.79. The van der Waals surface area contributed by atoms with Crippen molar-refractivity contribution in [1.29, 1.82) is 0 Å². The van der Waals surface area contributed by atoms with Gasteiger partial charge in [-0.2, -0.15) is 4.39 Å². The van der Waals surface area contributed by atoms with Crippen LogP contribution in [-0.4, -0.2) is 49.8 Å². The average Bonchev–Trinajstić information content (AvgIpc) is 2.32. The van der Waals surface area contributed by atoms with Crippen molar-refractivity contribution in [2.75, 3.05) is 5.75 Å². The van der Waals surface area contributed by atoms with E-state index in [4.69, 9.17) is 4.74 Å². The highest BCUT2D eigenvalue weighted by atomic mass is 32.2. The fourth-order valence-electron chi connectivity index (χ4n) is 1.47. The zero-order chi connectivity index (χ0) is 12.4. The molecule has 94 valence electrons. The quantitative estimate of drug-likeness (QED) is 0.637. The molecule has 5 nitrogen and oxygen atoms in total. The van der Waals surface area contributed by atoms with Crippen LogP contribution in [0.2, 0.25) is 0 Å². The lowest BCUT2D eigenvalue weighted by molar-refractivity contribution is -0.0790. The van der Waals surface area contributed by atoms with Gasteiger partial charge in [-0.25, -0.2) is 4.98 Å². The summed E-state index contributed by atoms with van der Waals surface area (Å²) in [5, 5.41) is 28.4. The molecular weight excluding hydrogens is 249 g/mol. The molecule has 0 bridgehead atoms. The fraction of sp³-hybridized carbons (Fsp3) is 0.500. The van der Waals surface area contributed by atoms with Crippen molar-refractivity contribution < 1.29 is 24.4 Å². The largest absolute Gasteiger partial charge is 0.472 e. The molecule has 4 atom stereocenters. The summed E-state index contributed by atoms with van der Waals surface area (Å²) in [5.41, 5.74) is -0.827. The molecule has 0 amide bonds. The predicted molar refractivity (Wildman–Crippen MR) is 59.1 cm³/mol. The summed E-state index contributed by atoms with van der Waals surface area (Å²) in [4.78, 5) is 3.41. The molecule has 0 aliphatic carbocycles. The number of nitrogens with zero attached hydrogens (tertiary/aromatic N) is 1. The minimum atomic E-state index is -1.29. The van der Waals surface area contributed by atoms with Crippen LogP contribution in [0.3, 0.4) is 0 Å². The SMILES string of the molecule is O[C@@H]1[C@@H](O)[C@H](Oc2cccnc2F)SC[C@H]1O. The van der Waals surface area contributed by atoms with Gasteiger partial charge in [-0.05, 0) is 12.1 Å². The number of thioether (sulfide) groups is 1. The number of hydrogen-bond acceptors (Lipinski definition) is 6. The van der Waals surface area contributed by atoms with Gasteiger partial charge < -0.3 is 20.1 Å². The smallest absolute Gasteiger partial charge is 0.255 e. The maximum absolute atomic E-state index is 13.2. The first-order valence-corrected chi connectivity index (χ1v) is 6.07. The van der Waals surface area contributed by atoms with E-state index in [1.165, 1.54) is 18.3 Å². The number of aliphatic hydroxyl groups is 3. The molecule has 1 fully saturated rings. The summed E-state index contributed by atoms with van der Waals surface area (Å²) in [5.74, 6) is -0.654. The average molecular weight is 261 g/mol. The van der Waals surface area contributed by atoms with Crippen LogP contribution in [0, 0.1) is 5.95 Å². The standard InChI is InChI=1S/C10H12FNO4S/c11-9-6(2-1-3-12-9)16-10-8(15)7(14)5(13)4-17-10/h1-3,5,7-8,10,13-15H,4H2/t5-,7+,8-,10-/m1/s1. The number of ether oxygens (including phenoxy) is 1. The minimum absolute atomic E-state index is 0.0901. The molecule has 0 radical (unpaired) electrons. The topological polar surface area (TPSA) is 82.8 Å². The molecule has 0 spiro atoms. The highest BCUT2D eigenvalue weighted by Crippen LogP contribution is 2.29. The first-order valence-electron chi connectivity index (χ1n) is 5.02. The molecule has 2 rings (SSSR count). The molecular formula is C10H12FNO4S. The Morgan fingerprint density at radius 3 is 2.82 bits per heavy atom. The van der Waals surface area contributed by atoms with Crippen molar-refractivity contribution in [1.82, 2.24) is 4.98 Å². The Hall–Kier alpha value is -0.890. The van der Waals surface area contributed by atoms with Gasteiger partial charge in [-0.1, -0.05) is 0 Å². The van der Waals surface area contributed by atoms with Gasteiger partial charge in [0.2, 0.25) is 0 Å². The third-order valence-electron chi connectivity index (χ3n) is 2.42. The summed E-state index contributed by atoms with van der Waals surface area (Å²) in [6.45, 7) is 0. The van der Waals surface area contributed by atoms with Crippen LogP contribution in [-0.2, 0) is 0 Å². The monoisotopic (exact) mass is 261 g/mol. The molecule has 2 heterocycles. The summed E-state index contributed by atoms with van der Waals surface area (Å²) in [6.07, 6.45) is -2.29. The van der Waals surface area contributed by atoms with Crippen molar-refractivity contribution >= 4 is 11.8 Å². The van der Waals surface area contributed by atoms with Crippen molar-refractivity contribution in [3.63, 3.8) is 0 Å². The number of rotatable bonds is 2. The first-order chi connectivity index (χ1) is 8.09. The normalized spacial score (nSPS) is 33.4. The van der Waals surface area contributed by atoms with Gasteiger partial charge in [0.25, 0.3) is 5.95 Å². The lowest BCUT2D eigenvalue weighted by Gasteiger charge is -2.34. The lowest BCUT2D eigenvalue weighted by Crippen LogP contribution is -2.50. The van der Waals surface area contributed by atoms with Gasteiger partial charge in [0.1, 0.15) is 12.2 Å². The van der Waals surface area contributed by atoms with E-state index in [0.29, 0.717) is 0 Å². The Kier molecular flexibility index (Phi) is 3.82. The summed E-state index contributed by atoms with van der Waals surface area (Å²) >= 11 is 1.11. The van der Waals surface area contributed by atoms with Crippen LogP contribution in [0.5, 0.6) is 5.75 Å². The summed E-state index contributed by atoms with van der Waals surface area (Å²) in [7, 11) is 0. The Balaban J connectivity index is 2.07. The molecule has 0 saturated carbocycles. The molecule has 3 N–H and O–H groups in total. The molecule has 1 aromatic heterocycles. The van der Waals surface area contributed by atoms with E-state index >= 15 is 0 Å². The number of aromatic nitrogens is 1. The lowest BCUT2D eigenvalue weighted by atomic mass is 10.1. The van der Waals surface area contributed by atoms with E-state index in [0.717, 1.165) is 11.8 Å². The van der Waals surface area contributed by atoms with Gasteiger partial charge in [0.15, 0.2) is 11.2 Å². The molecule has 0 aromatic carbocycles. The second-order valence-electron chi connectivity index (χ2n) is 3.66. The van der Waals surface area contributed by atoms with Crippen LogP contribution in [0.1, 0.15) is 0 Å². The zero-order valence-electron chi connectivity index (χ0n) is 8.73. The minimum Gasteiger partial charge on any atom is -0.472 e. The second kappa shape index (κ2) is 5.18. The van der Waals surface area contributed by atoms with Gasteiger partial charge in [0, 0.05) is 11.9 Å². The molecule has 1 aromatic rings. The Morgan fingerprint density at radius 1 is 1.35 bits per heavy atom. The molecule has 17 heavy (non-hydrogen) atoms. The number of pyridine rings is 1. The predicted octanol–water partition coefficient (Wildman–Crippen LogP) is -0.245. The van der Waals surface area contributed by atoms with E-state index in [9.17, 15) is 19.7 Å². The number of aliphatic hydroxyl groups excluding tert-OH is 3. The van der Waals surface area contributed by atoms with Crippen LogP contribution < -0.4 is 4.74 Å². The Labute approximate surface area is 101 Å². The molecule has 1 saturated heterocycles. The summed E-state index contributed by atoms with van der Waals surface area (Å²) < 4.78 is 18.4. The van der Waals surface area contributed by atoms with Gasteiger partial charge in [0.05, 0.1) is 6.10 Å². The van der Waals surface area contributed by atoms with Crippen molar-refractivity contribution in [2.24, 2.45) is 0 Å². The molecule has 0 unspecified atom stereocenters. The third kappa shape index (κ3) is 2.68. The van der Waals surface area contributed by atoms with Crippen LogP contribution in [0.25, 0.3) is 0 Å². The van der Waals surface area contributed by atoms with E-state index in [1.807, 2.05) is 0 Å². The van der Waals surface area contributed by atoms with E-state index in [1.54, 1.807) is 0 Å². The molecule has 1 aliphatic heterocycles. The van der Waals surface area contributed by atoms with Gasteiger partial charge >= 0.3 is 0 Å². The fourth-order valence-corrected chi connectivity index (χ4v) is 2.58. The zero-order valence-corrected chi connectivity index (χ0v) is 9.55. The Morgan fingerprint density at radius 2 is 2.12 bits per heavy atom. The maximum atomic E-state index is 13.2. The Bertz CT molecular complexity index is 394. The first kappa shape index (κ1) is 12.6. The number of hydrogen-bond donors (Lipinski definition) is 3. The maximum Gasteiger partial charge on any atom is 0.255 e. The number of halogens is 1. The highest BCUT2D eigenvalue weighted by molar-refractivity contribution is 7.99. The van der Waals surface area contributed by atoms with Crippen LogP contribution in [0.15, 0.2) is 18.3 Å². The van der Waals surface area contributed by atoms with Gasteiger partial charge in [-0.15, -0.1) is 11.8 Å². The third-order valence-corrected chi connectivity index (χ3v) is 3.66. The van der Waals surface area contributed by atoms with Gasteiger partial charge in [-0.3, -0.25) is 0 Å². The van der Waals surface area contributed by atoms with Crippen LogP contribution >= 0.6 is 11.8 Å². The van der Waals surface area contributed by atoms with Crippen molar-refractivity contribution in [2.45, 2.75) is 23.7 Å². The summed E-state index contributed by atoms with van der Waals surface area (Å²) in [6, 6.07) is 2.89. The van der Waals surface area contributed by atoms with Crippen molar-refractivity contribution in [3.8, 4) is 5.75 Å². The van der Waals surface area contributed by atoms with E-state index < -0.39 is 29.7 Å². The van der Waals surface area contributed by atoms with E-state index in [2.05, 4.69) is 4.98 Å². The molecule has 7 heteroatoms. The van der Waals surface area contributed by atoms with Crippen molar-refractivity contribution in [3.05, 3.63) is 24.3 Å². The highest BCUT2D eigenvalue weighted by Gasteiger charge is 2.38.